The first kappa shape index (κ1) is 18.0. The summed E-state index contributed by atoms with van der Waals surface area (Å²) < 4.78 is 7.22. The van der Waals surface area contributed by atoms with Crippen LogP contribution in [-0.2, 0) is 4.74 Å². The van der Waals surface area contributed by atoms with Crippen LogP contribution in [0.4, 0.5) is 0 Å². The maximum Gasteiger partial charge on any atom is 0.254 e. The Balaban J connectivity index is 1.66. The minimum Gasteiger partial charge on any atom is -0.374 e. The number of halogens is 2. The molecule has 0 saturated carbocycles. The third-order valence-electron chi connectivity index (χ3n) is 4.23. The van der Waals surface area contributed by atoms with Crippen LogP contribution in [-0.4, -0.2) is 34.9 Å². The highest BCUT2D eigenvalue weighted by molar-refractivity contribution is 6.35. The molecular formula is C18H19Cl2N3O2. The van der Waals surface area contributed by atoms with E-state index in [-0.39, 0.29) is 17.9 Å². The van der Waals surface area contributed by atoms with E-state index >= 15 is 0 Å². The Morgan fingerprint density at radius 1 is 1.48 bits per heavy atom. The monoisotopic (exact) mass is 379 g/mol. The highest BCUT2D eigenvalue weighted by Crippen LogP contribution is 2.26. The quantitative estimate of drug-likeness (QED) is 0.801. The average Bonchev–Trinajstić information content (AvgIpc) is 3.22. The molecule has 2 atom stereocenters. The summed E-state index contributed by atoms with van der Waals surface area (Å²) in [6.45, 7) is 7.14. The van der Waals surface area contributed by atoms with E-state index < -0.39 is 0 Å². The van der Waals surface area contributed by atoms with Crippen molar-refractivity contribution in [2.24, 2.45) is 5.92 Å². The lowest BCUT2D eigenvalue weighted by Gasteiger charge is -2.18. The van der Waals surface area contributed by atoms with Crippen LogP contribution in [0.15, 0.2) is 42.7 Å². The summed E-state index contributed by atoms with van der Waals surface area (Å²) in [5, 5.41) is 8.17. The van der Waals surface area contributed by atoms with E-state index in [1.807, 2.05) is 6.92 Å². The van der Waals surface area contributed by atoms with Crippen molar-refractivity contribution in [1.82, 2.24) is 15.1 Å². The molecule has 2 heterocycles. The number of aromatic nitrogens is 2. The lowest BCUT2D eigenvalue weighted by molar-refractivity contribution is 0.0926. The molecule has 0 aliphatic carbocycles. The second-order valence-corrected chi connectivity index (χ2v) is 7.01. The van der Waals surface area contributed by atoms with Crippen molar-refractivity contribution in [1.29, 1.82) is 0 Å². The smallest absolute Gasteiger partial charge is 0.254 e. The van der Waals surface area contributed by atoms with Gasteiger partial charge in [0.05, 0.1) is 28.6 Å². The Labute approximate surface area is 156 Å². The number of ether oxygens (including phenoxy) is 1. The number of carbonyl (C=O) groups is 1. The van der Waals surface area contributed by atoms with Gasteiger partial charge < -0.3 is 10.1 Å². The second kappa shape index (κ2) is 7.60. The third kappa shape index (κ3) is 4.06. The average molecular weight is 380 g/mol. The van der Waals surface area contributed by atoms with Gasteiger partial charge in [-0.2, -0.15) is 5.10 Å². The van der Waals surface area contributed by atoms with Crippen LogP contribution in [0.5, 0.6) is 0 Å². The zero-order chi connectivity index (χ0) is 18.0. The molecule has 1 fully saturated rings. The lowest BCUT2D eigenvalue weighted by Crippen LogP contribution is -2.33. The van der Waals surface area contributed by atoms with Crippen molar-refractivity contribution in [2.45, 2.75) is 19.4 Å². The lowest BCUT2D eigenvalue weighted by atomic mass is 9.97. The maximum atomic E-state index is 12.4. The number of hydrogen-bond acceptors (Lipinski definition) is 3. The zero-order valence-corrected chi connectivity index (χ0v) is 15.3. The van der Waals surface area contributed by atoms with Crippen molar-refractivity contribution in [3.8, 4) is 5.69 Å². The van der Waals surface area contributed by atoms with Gasteiger partial charge in [0.1, 0.15) is 0 Å². The van der Waals surface area contributed by atoms with Gasteiger partial charge >= 0.3 is 0 Å². The van der Waals surface area contributed by atoms with Crippen molar-refractivity contribution in [2.75, 3.05) is 13.2 Å². The molecule has 1 aromatic carbocycles. The topological polar surface area (TPSA) is 56.1 Å². The second-order valence-electron chi connectivity index (χ2n) is 6.17. The van der Waals surface area contributed by atoms with E-state index in [4.69, 9.17) is 27.9 Å². The highest BCUT2D eigenvalue weighted by Gasteiger charge is 2.29. The molecule has 1 saturated heterocycles. The number of carbonyl (C=O) groups excluding carboxylic acids is 1. The van der Waals surface area contributed by atoms with Gasteiger partial charge in [0.2, 0.25) is 0 Å². The zero-order valence-electron chi connectivity index (χ0n) is 13.8. The van der Waals surface area contributed by atoms with Gasteiger partial charge in [-0.05, 0) is 31.5 Å². The molecule has 2 aromatic rings. The first-order valence-corrected chi connectivity index (χ1v) is 8.76. The van der Waals surface area contributed by atoms with Crippen molar-refractivity contribution in [3.63, 3.8) is 0 Å². The largest absolute Gasteiger partial charge is 0.374 e. The van der Waals surface area contributed by atoms with Crippen LogP contribution in [0.3, 0.4) is 0 Å². The fourth-order valence-electron chi connectivity index (χ4n) is 2.95. The van der Waals surface area contributed by atoms with Crippen molar-refractivity contribution < 1.29 is 9.53 Å². The molecule has 3 rings (SSSR count). The summed E-state index contributed by atoms with van der Waals surface area (Å²) in [7, 11) is 0. The minimum atomic E-state index is -0.177. The maximum absolute atomic E-state index is 12.4. The van der Waals surface area contributed by atoms with Crippen LogP contribution in [0.25, 0.3) is 5.69 Å². The number of amides is 1. The van der Waals surface area contributed by atoms with E-state index in [2.05, 4.69) is 17.0 Å². The standard InChI is InChI=1S/C18H19Cl2N3O2/c1-11(2)17-12(5-6-25-17)8-21-18(24)13-9-22-23(10-13)16-4-3-14(19)7-15(16)20/h3-4,7,9-10,12,17H,1,5-6,8H2,2H3,(H,21,24)/t12-,17-/m0/s1. The molecule has 7 heteroatoms. The first-order valence-electron chi connectivity index (χ1n) is 8.01. The first-order chi connectivity index (χ1) is 12.0. The van der Waals surface area contributed by atoms with E-state index in [0.717, 1.165) is 12.0 Å². The van der Waals surface area contributed by atoms with Crippen LogP contribution < -0.4 is 5.32 Å². The summed E-state index contributed by atoms with van der Waals surface area (Å²) in [6, 6.07) is 5.12. The van der Waals surface area contributed by atoms with E-state index in [9.17, 15) is 4.79 Å². The normalized spacial score (nSPS) is 19.8. The van der Waals surface area contributed by atoms with Gasteiger partial charge in [-0.25, -0.2) is 4.68 Å². The Hall–Kier alpha value is -1.82. The number of benzene rings is 1. The van der Waals surface area contributed by atoms with Crippen LogP contribution in [0.2, 0.25) is 10.0 Å². The molecule has 132 valence electrons. The molecule has 0 spiro atoms. The highest BCUT2D eigenvalue weighted by atomic mass is 35.5. The van der Waals surface area contributed by atoms with E-state index in [1.165, 1.54) is 6.20 Å². The third-order valence-corrected chi connectivity index (χ3v) is 4.76. The van der Waals surface area contributed by atoms with Crippen LogP contribution in [0, 0.1) is 5.92 Å². The van der Waals surface area contributed by atoms with Crippen LogP contribution in [0.1, 0.15) is 23.7 Å². The summed E-state index contributed by atoms with van der Waals surface area (Å²) in [5.41, 5.74) is 2.12. The SMILES string of the molecule is C=C(C)[C@@H]1OCC[C@H]1CNC(=O)c1cnn(-c2ccc(Cl)cc2Cl)c1. The van der Waals surface area contributed by atoms with Gasteiger partial charge in [0.25, 0.3) is 5.91 Å². The number of nitrogens with zero attached hydrogens (tertiary/aromatic N) is 2. The van der Waals surface area contributed by atoms with Gasteiger partial charge in [-0.1, -0.05) is 35.4 Å². The van der Waals surface area contributed by atoms with Crippen molar-refractivity contribution in [3.05, 3.63) is 58.4 Å². The number of nitrogens with one attached hydrogen (secondary N) is 1. The molecule has 25 heavy (non-hydrogen) atoms. The van der Waals surface area contributed by atoms with E-state index in [0.29, 0.717) is 34.4 Å². The molecule has 5 nitrogen and oxygen atoms in total. The van der Waals surface area contributed by atoms with Gasteiger partial charge in [0.15, 0.2) is 0 Å². The van der Waals surface area contributed by atoms with Gasteiger partial charge in [0, 0.05) is 30.3 Å². The fourth-order valence-corrected chi connectivity index (χ4v) is 3.45. The minimum absolute atomic E-state index is 0.0101. The predicted molar refractivity (Wildman–Crippen MR) is 98.6 cm³/mol. The van der Waals surface area contributed by atoms with Gasteiger partial charge in [-0.3, -0.25) is 4.79 Å². The molecule has 0 bridgehead atoms. The summed E-state index contributed by atoms with van der Waals surface area (Å²) in [5.74, 6) is 0.0749. The Morgan fingerprint density at radius 2 is 2.28 bits per heavy atom. The van der Waals surface area contributed by atoms with Crippen LogP contribution >= 0.6 is 23.2 Å². The summed E-state index contributed by atoms with van der Waals surface area (Å²) >= 11 is 12.1. The Kier molecular flexibility index (Phi) is 5.47. The Bertz CT molecular complexity index is 803. The fraction of sp³-hybridized carbons (Fsp3) is 0.333. The summed E-state index contributed by atoms with van der Waals surface area (Å²) in [4.78, 5) is 12.4. The molecule has 1 aromatic heterocycles. The molecular weight excluding hydrogens is 361 g/mol. The van der Waals surface area contributed by atoms with E-state index in [1.54, 1.807) is 29.1 Å². The number of hydrogen-bond donors (Lipinski definition) is 1. The molecule has 1 N–H and O–H groups in total. The number of rotatable bonds is 5. The summed E-state index contributed by atoms with van der Waals surface area (Å²) in [6.07, 6.45) is 4.08. The molecule has 0 unspecified atom stereocenters. The van der Waals surface area contributed by atoms with Gasteiger partial charge in [-0.15, -0.1) is 0 Å². The predicted octanol–water partition coefficient (Wildman–Crippen LogP) is 3.89. The Morgan fingerprint density at radius 3 is 3.00 bits per heavy atom. The van der Waals surface area contributed by atoms with Crippen molar-refractivity contribution >= 4 is 29.1 Å². The molecule has 1 aliphatic rings. The molecule has 1 amide bonds. The molecule has 1 aliphatic heterocycles. The molecule has 0 radical (unpaired) electrons.